The number of aryl methyl sites for hydroxylation is 4. The molecule has 0 bridgehead atoms. The molecular formula is C35H38N10O5. The van der Waals surface area contributed by atoms with Crippen molar-refractivity contribution in [3.8, 4) is 0 Å². The Morgan fingerprint density at radius 3 is 1.98 bits per heavy atom. The third-order valence-corrected chi connectivity index (χ3v) is 8.66. The summed E-state index contributed by atoms with van der Waals surface area (Å²) in [5.41, 5.74) is 10.7. The summed E-state index contributed by atoms with van der Waals surface area (Å²) in [6, 6.07) is 11.1. The largest absolute Gasteiger partial charge is 0.478 e. The number of aromatic nitrogens is 6. The second kappa shape index (κ2) is 13.8. The Morgan fingerprint density at radius 1 is 0.840 bits per heavy atom. The summed E-state index contributed by atoms with van der Waals surface area (Å²) in [7, 11) is 0. The third-order valence-electron chi connectivity index (χ3n) is 8.66. The van der Waals surface area contributed by atoms with Crippen molar-refractivity contribution in [2.75, 3.05) is 10.6 Å². The van der Waals surface area contributed by atoms with Crippen molar-refractivity contribution in [3.05, 3.63) is 76.6 Å². The molecule has 4 heterocycles. The van der Waals surface area contributed by atoms with E-state index in [-0.39, 0.29) is 23.4 Å². The van der Waals surface area contributed by atoms with Gasteiger partial charge in [0.1, 0.15) is 5.69 Å². The van der Waals surface area contributed by atoms with Crippen LogP contribution >= 0.6 is 0 Å². The quantitative estimate of drug-likeness (QED) is 0.130. The summed E-state index contributed by atoms with van der Waals surface area (Å²) in [5, 5.41) is 19.8. The number of carbonyl (C=O) groups excluding carboxylic acids is 3. The molecule has 258 valence electrons. The number of fused-ring (bicyclic) bond motifs is 2. The van der Waals surface area contributed by atoms with Crippen molar-refractivity contribution < 1.29 is 24.3 Å². The number of carboxylic acid groups (broad SMARTS) is 1. The zero-order valence-corrected chi connectivity index (χ0v) is 28.2. The number of rotatable bonds is 13. The number of nitrogens with one attached hydrogen (secondary N) is 2. The molecule has 0 saturated heterocycles. The number of carbonyl (C=O) groups is 4. The van der Waals surface area contributed by atoms with E-state index < -0.39 is 11.9 Å². The Balaban J connectivity index is 1.26. The Labute approximate surface area is 286 Å². The highest BCUT2D eigenvalue weighted by Crippen LogP contribution is 2.26. The molecule has 0 aliphatic carbocycles. The van der Waals surface area contributed by atoms with E-state index >= 15 is 0 Å². The molecule has 15 heteroatoms. The van der Waals surface area contributed by atoms with Crippen LogP contribution in [0.25, 0.3) is 22.1 Å². The number of imidazole rings is 2. The average Bonchev–Trinajstić information content (AvgIpc) is 3.84. The van der Waals surface area contributed by atoms with Gasteiger partial charge in [-0.1, -0.05) is 6.92 Å². The minimum absolute atomic E-state index is 0.0896. The Hall–Kier alpha value is -6.12. The van der Waals surface area contributed by atoms with Gasteiger partial charge in [0.25, 0.3) is 11.8 Å². The van der Waals surface area contributed by atoms with Crippen molar-refractivity contribution in [2.24, 2.45) is 10.7 Å². The number of hydrogen-bond acceptors (Lipinski definition) is 8. The fourth-order valence-electron chi connectivity index (χ4n) is 6.24. The highest BCUT2D eigenvalue weighted by molar-refractivity contribution is 6.11. The monoisotopic (exact) mass is 678 g/mol. The summed E-state index contributed by atoms with van der Waals surface area (Å²) in [4.78, 5) is 64.1. The van der Waals surface area contributed by atoms with Crippen LogP contribution in [-0.4, -0.2) is 69.4 Å². The number of primary amides is 1. The van der Waals surface area contributed by atoms with E-state index in [1.54, 1.807) is 41.1 Å². The van der Waals surface area contributed by atoms with Crippen molar-refractivity contribution in [1.29, 1.82) is 0 Å². The number of hydrogen-bond donors (Lipinski definition) is 4. The normalized spacial score (nSPS) is 14.2. The van der Waals surface area contributed by atoms with E-state index in [1.807, 2.05) is 36.8 Å². The van der Waals surface area contributed by atoms with Crippen LogP contribution in [0, 0.1) is 6.92 Å². The van der Waals surface area contributed by atoms with Crippen molar-refractivity contribution in [3.63, 3.8) is 0 Å². The zero-order valence-electron chi connectivity index (χ0n) is 28.2. The van der Waals surface area contributed by atoms with E-state index in [4.69, 9.17) is 5.73 Å². The van der Waals surface area contributed by atoms with Gasteiger partial charge in [-0.3, -0.25) is 34.7 Å². The lowest BCUT2D eigenvalue weighted by Gasteiger charge is -2.14. The standard InChI is InChI=1S/C35H38N10O5/c1-5-24-23(15-19(3)37-24)31(47)40-34-39-26-18-22(33(49)50)10-12-28(26)43(34)13-7-8-14-44-27-11-9-21(30(36)46)17-25(27)38-35(44)41-32(48)29-16-20(4)42-45(29)6-2/h9-12,15-18,24H,5-8,13-14H2,1-4H3,(H2,36,46)(H,49,50)(H,38,41,48)(H,39,40,47). The first-order valence-corrected chi connectivity index (χ1v) is 16.4. The maximum Gasteiger partial charge on any atom is 0.335 e. The lowest BCUT2D eigenvalue weighted by Crippen LogP contribution is -2.23. The predicted octanol–water partition coefficient (Wildman–Crippen LogP) is 4.56. The number of benzene rings is 2. The van der Waals surface area contributed by atoms with Gasteiger partial charge in [0.2, 0.25) is 17.8 Å². The van der Waals surface area contributed by atoms with Gasteiger partial charge in [-0.25, -0.2) is 14.8 Å². The van der Waals surface area contributed by atoms with Gasteiger partial charge < -0.3 is 20.0 Å². The third kappa shape index (κ3) is 6.61. The lowest BCUT2D eigenvalue weighted by molar-refractivity contribution is -0.113. The molecule has 0 saturated carbocycles. The molecule has 5 aromatic rings. The van der Waals surface area contributed by atoms with Gasteiger partial charge in [-0.05, 0) is 88.6 Å². The van der Waals surface area contributed by atoms with Gasteiger partial charge in [-0.2, -0.15) is 5.10 Å². The molecule has 5 N–H and O–H groups in total. The highest BCUT2D eigenvalue weighted by Gasteiger charge is 2.26. The van der Waals surface area contributed by atoms with Crippen molar-refractivity contribution >= 4 is 63.4 Å². The van der Waals surface area contributed by atoms with Crippen LogP contribution in [0.4, 0.5) is 11.9 Å². The summed E-state index contributed by atoms with van der Waals surface area (Å²) in [6.45, 7) is 8.95. The Bertz CT molecular complexity index is 2240. The van der Waals surface area contributed by atoms with E-state index in [2.05, 4.69) is 30.7 Å². The highest BCUT2D eigenvalue weighted by atomic mass is 16.4. The number of nitrogens with zero attached hydrogens (tertiary/aromatic N) is 7. The number of nitrogens with two attached hydrogens (primary N) is 1. The van der Waals surface area contributed by atoms with Crippen LogP contribution in [-0.2, 0) is 24.4 Å². The molecule has 1 aliphatic rings. The Kier molecular flexibility index (Phi) is 9.31. The number of amides is 3. The SMILES string of the molecule is CCC1N=C(C)C=C1C(=O)Nc1nc2cc(C(=O)O)ccc2n1CCCCn1c(NC(=O)c2cc(C)nn2CC)nc2cc(C(N)=O)ccc21. The second-order valence-corrected chi connectivity index (χ2v) is 12.1. The van der Waals surface area contributed by atoms with Crippen LogP contribution in [0.3, 0.4) is 0 Å². The van der Waals surface area contributed by atoms with E-state index in [0.717, 1.165) is 5.71 Å². The van der Waals surface area contributed by atoms with Gasteiger partial charge in [0.15, 0.2) is 0 Å². The molecule has 0 radical (unpaired) electrons. The van der Waals surface area contributed by atoms with Crippen molar-refractivity contribution in [1.82, 2.24) is 28.9 Å². The van der Waals surface area contributed by atoms with Crippen LogP contribution in [0.1, 0.15) is 76.9 Å². The molecule has 1 aliphatic heterocycles. The molecular weight excluding hydrogens is 640 g/mol. The number of aromatic carboxylic acids is 1. The maximum absolute atomic E-state index is 13.4. The molecule has 1 atom stereocenters. The van der Waals surface area contributed by atoms with E-state index in [9.17, 15) is 24.3 Å². The fraction of sp³-hybridized carbons (Fsp3) is 0.314. The Morgan fingerprint density at radius 2 is 1.42 bits per heavy atom. The van der Waals surface area contributed by atoms with Gasteiger partial charge in [0, 0.05) is 36.5 Å². The van der Waals surface area contributed by atoms with Crippen LogP contribution < -0.4 is 16.4 Å². The topological polar surface area (TPSA) is 204 Å². The van der Waals surface area contributed by atoms with E-state index in [1.165, 1.54) is 12.1 Å². The number of carboxylic acids is 1. The second-order valence-electron chi connectivity index (χ2n) is 12.1. The average molecular weight is 679 g/mol. The van der Waals surface area contributed by atoms with Gasteiger partial charge >= 0.3 is 5.97 Å². The zero-order chi connectivity index (χ0) is 35.7. The molecule has 15 nitrogen and oxygen atoms in total. The number of anilines is 2. The molecule has 50 heavy (non-hydrogen) atoms. The van der Waals surface area contributed by atoms with Gasteiger partial charge in [0.05, 0.1) is 39.4 Å². The fourth-order valence-corrected chi connectivity index (χ4v) is 6.24. The first-order valence-electron chi connectivity index (χ1n) is 16.4. The lowest BCUT2D eigenvalue weighted by atomic mass is 10.1. The summed E-state index contributed by atoms with van der Waals surface area (Å²) < 4.78 is 5.37. The molecule has 0 spiro atoms. The number of unbranched alkanes of at least 4 members (excludes halogenated alkanes) is 1. The first kappa shape index (κ1) is 33.8. The first-order chi connectivity index (χ1) is 24.0. The van der Waals surface area contributed by atoms with Crippen LogP contribution in [0.5, 0.6) is 0 Å². The van der Waals surface area contributed by atoms with Crippen LogP contribution in [0.2, 0.25) is 0 Å². The summed E-state index contributed by atoms with van der Waals surface area (Å²) in [5.74, 6) is -1.73. The number of aliphatic imine (C=N–C) groups is 1. The molecule has 0 fully saturated rings. The molecule has 3 aromatic heterocycles. The molecule has 3 amide bonds. The molecule has 2 aromatic carbocycles. The minimum Gasteiger partial charge on any atom is -0.478 e. The minimum atomic E-state index is -1.07. The predicted molar refractivity (Wildman–Crippen MR) is 189 cm³/mol. The smallest absolute Gasteiger partial charge is 0.335 e. The summed E-state index contributed by atoms with van der Waals surface area (Å²) in [6.07, 6.45) is 3.68. The van der Waals surface area contributed by atoms with Gasteiger partial charge in [-0.15, -0.1) is 0 Å². The number of allylic oxidation sites excluding steroid dienone is 1. The molecule has 6 rings (SSSR count). The van der Waals surface area contributed by atoms with Crippen LogP contribution in [0.15, 0.2) is 59.1 Å². The van der Waals surface area contributed by atoms with E-state index in [0.29, 0.717) is 95.4 Å². The summed E-state index contributed by atoms with van der Waals surface area (Å²) >= 11 is 0. The maximum atomic E-state index is 13.4. The molecule has 1 unspecified atom stereocenters. The van der Waals surface area contributed by atoms with Crippen molar-refractivity contribution in [2.45, 2.75) is 72.6 Å².